The highest BCUT2D eigenvalue weighted by Crippen LogP contribution is 2.35. The SMILES string of the molecule is O=C(Nc1ccc(N2CCCN(C(=O)Nc3ccccc3Cl)CC2)nc1)c1nc(-c2ccccc2)oc1C(F)(F)F. The normalized spacial score (nSPS) is 14.0. The molecule has 212 valence electrons. The summed E-state index contributed by atoms with van der Waals surface area (Å²) in [5.41, 5.74) is 0.152. The molecule has 0 saturated carbocycles. The van der Waals surface area contributed by atoms with Crippen LogP contribution in [0.2, 0.25) is 5.02 Å². The summed E-state index contributed by atoms with van der Waals surface area (Å²) in [4.78, 5) is 37.4. The Balaban J connectivity index is 1.23. The van der Waals surface area contributed by atoms with Gasteiger partial charge in [-0.2, -0.15) is 13.2 Å². The number of rotatable bonds is 5. The number of hydrogen-bond donors (Lipinski definition) is 2. The Bertz CT molecular complexity index is 1530. The van der Waals surface area contributed by atoms with Gasteiger partial charge in [0.25, 0.3) is 5.91 Å². The monoisotopic (exact) mass is 584 g/mol. The fraction of sp³-hybridized carbons (Fsp3) is 0.214. The summed E-state index contributed by atoms with van der Waals surface area (Å²) in [5, 5.41) is 5.68. The van der Waals surface area contributed by atoms with Gasteiger partial charge in [0.05, 0.1) is 22.6 Å². The van der Waals surface area contributed by atoms with E-state index in [2.05, 4.69) is 20.6 Å². The fourth-order valence-corrected chi connectivity index (χ4v) is 4.50. The number of urea groups is 1. The molecule has 1 saturated heterocycles. The van der Waals surface area contributed by atoms with Crippen LogP contribution >= 0.6 is 11.6 Å². The molecule has 2 N–H and O–H groups in total. The first kappa shape index (κ1) is 28.0. The maximum atomic E-state index is 13.6. The lowest BCUT2D eigenvalue weighted by molar-refractivity contribution is -0.153. The minimum atomic E-state index is -4.92. The van der Waals surface area contributed by atoms with E-state index in [1.807, 2.05) is 4.90 Å². The smallest absolute Gasteiger partial charge is 0.431 e. The second-order valence-corrected chi connectivity index (χ2v) is 9.56. The number of benzene rings is 2. The van der Waals surface area contributed by atoms with Gasteiger partial charge in [-0.05, 0) is 42.8 Å². The van der Waals surface area contributed by atoms with Gasteiger partial charge in [-0.25, -0.2) is 14.8 Å². The Hall–Kier alpha value is -4.58. The summed E-state index contributed by atoms with van der Waals surface area (Å²) in [6, 6.07) is 17.9. The summed E-state index contributed by atoms with van der Waals surface area (Å²) in [5.74, 6) is -2.27. The van der Waals surface area contributed by atoms with Crippen molar-refractivity contribution in [3.8, 4) is 11.5 Å². The highest BCUT2D eigenvalue weighted by atomic mass is 35.5. The Morgan fingerprint density at radius 2 is 1.66 bits per heavy atom. The first-order valence-corrected chi connectivity index (χ1v) is 13.0. The van der Waals surface area contributed by atoms with E-state index in [0.29, 0.717) is 54.7 Å². The number of halogens is 4. The van der Waals surface area contributed by atoms with Crippen molar-refractivity contribution >= 4 is 40.7 Å². The molecule has 9 nitrogen and oxygen atoms in total. The van der Waals surface area contributed by atoms with Crippen molar-refractivity contribution in [2.75, 3.05) is 41.7 Å². The molecular weight excluding hydrogens is 561 g/mol. The van der Waals surface area contributed by atoms with Crippen LogP contribution in [0.1, 0.15) is 22.7 Å². The number of alkyl halides is 3. The van der Waals surface area contributed by atoms with Crippen molar-refractivity contribution in [3.63, 3.8) is 0 Å². The number of aromatic nitrogens is 2. The maximum absolute atomic E-state index is 13.6. The summed E-state index contributed by atoms with van der Waals surface area (Å²) in [6.07, 6.45) is -2.88. The largest absolute Gasteiger partial charge is 0.452 e. The lowest BCUT2D eigenvalue weighted by Gasteiger charge is -2.23. The fourth-order valence-electron chi connectivity index (χ4n) is 4.31. The van der Waals surface area contributed by atoms with Gasteiger partial charge in [-0.3, -0.25) is 4.79 Å². The molecule has 1 aliphatic heterocycles. The topological polar surface area (TPSA) is 104 Å². The molecule has 0 unspecified atom stereocenters. The average molecular weight is 585 g/mol. The Kier molecular flexibility index (Phi) is 8.11. The third-order valence-electron chi connectivity index (χ3n) is 6.35. The molecule has 0 atom stereocenters. The van der Waals surface area contributed by atoms with Crippen molar-refractivity contribution < 1.29 is 27.2 Å². The van der Waals surface area contributed by atoms with Crippen LogP contribution in [0.15, 0.2) is 77.3 Å². The van der Waals surface area contributed by atoms with E-state index in [1.165, 1.54) is 18.3 Å². The van der Waals surface area contributed by atoms with E-state index in [4.69, 9.17) is 16.0 Å². The van der Waals surface area contributed by atoms with Gasteiger partial charge in [0.1, 0.15) is 5.82 Å². The summed E-state index contributed by atoms with van der Waals surface area (Å²) in [6.45, 7) is 2.10. The molecule has 1 fully saturated rings. The molecule has 2 aromatic carbocycles. The van der Waals surface area contributed by atoms with Crippen molar-refractivity contribution in [1.82, 2.24) is 14.9 Å². The van der Waals surface area contributed by atoms with Crippen molar-refractivity contribution in [2.24, 2.45) is 0 Å². The van der Waals surface area contributed by atoms with Crippen LogP contribution < -0.4 is 15.5 Å². The lowest BCUT2D eigenvalue weighted by atomic mass is 10.2. The Morgan fingerprint density at radius 3 is 2.37 bits per heavy atom. The van der Waals surface area contributed by atoms with Gasteiger partial charge in [-0.15, -0.1) is 0 Å². The Morgan fingerprint density at radius 1 is 0.902 bits per heavy atom. The lowest BCUT2D eigenvalue weighted by Crippen LogP contribution is -2.38. The van der Waals surface area contributed by atoms with Crippen LogP contribution in [0.4, 0.5) is 35.2 Å². The zero-order valence-corrected chi connectivity index (χ0v) is 22.2. The third-order valence-corrected chi connectivity index (χ3v) is 6.68. The van der Waals surface area contributed by atoms with Gasteiger partial charge < -0.3 is 24.9 Å². The summed E-state index contributed by atoms with van der Waals surface area (Å²) < 4.78 is 45.8. The second-order valence-electron chi connectivity index (χ2n) is 9.16. The van der Waals surface area contributed by atoms with Crippen LogP contribution in [0.5, 0.6) is 0 Å². The number of oxazole rings is 1. The van der Waals surface area contributed by atoms with E-state index in [9.17, 15) is 22.8 Å². The van der Waals surface area contributed by atoms with Crippen LogP contribution in [-0.4, -0.2) is 53.0 Å². The van der Waals surface area contributed by atoms with Gasteiger partial charge in [-0.1, -0.05) is 41.9 Å². The molecule has 3 amide bonds. The quantitative estimate of drug-likeness (QED) is 0.281. The number of pyridine rings is 1. The van der Waals surface area contributed by atoms with Crippen LogP contribution in [0.25, 0.3) is 11.5 Å². The van der Waals surface area contributed by atoms with Crippen LogP contribution in [0, 0.1) is 0 Å². The molecule has 41 heavy (non-hydrogen) atoms. The number of hydrogen-bond acceptors (Lipinski definition) is 6. The van der Waals surface area contributed by atoms with E-state index in [0.717, 1.165) is 0 Å². The number of anilines is 3. The third kappa shape index (κ3) is 6.60. The maximum Gasteiger partial charge on any atom is 0.452 e. The van der Waals surface area contributed by atoms with Gasteiger partial charge in [0, 0.05) is 31.7 Å². The van der Waals surface area contributed by atoms with Crippen molar-refractivity contribution in [3.05, 3.63) is 89.4 Å². The average Bonchev–Trinajstić information content (AvgIpc) is 3.29. The first-order chi connectivity index (χ1) is 19.7. The molecule has 5 rings (SSSR count). The van der Waals surface area contributed by atoms with Gasteiger partial charge in [0.15, 0.2) is 5.69 Å². The predicted octanol–water partition coefficient (Wildman–Crippen LogP) is 6.41. The molecule has 0 bridgehead atoms. The zero-order valence-electron chi connectivity index (χ0n) is 21.5. The number of carbonyl (C=O) groups is 2. The predicted molar refractivity (Wildman–Crippen MR) is 148 cm³/mol. The summed E-state index contributed by atoms with van der Waals surface area (Å²) in [7, 11) is 0. The van der Waals surface area contributed by atoms with Crippen molar-refractivity contribution in [1.29, 1.82) is 0 Å². The van der Waals surface area contributed by atoms with E-state index >= 15 is 0 Å². The minimum absolute atomic E-state index is 0.187. The second kappa shape index (κ2) is 11.9. The Labute approximate surface area is 237 Å². The first-order valence-electron chi connectivity index (χ1n) is 12.7. The number of amides is 3. The minimum Gasteiger partial charge on any atom is -0.431 e. The van der Waals surface area contributed by atoms with Gasteiger partial charge >= 0.3 is 12.2 Å². The molecule has 4 aromatic rings. The number of nitrogens with one attached hydrogen (secondary N) is 2. The van der Waals surface area contributed by atoms with Crippen molar-refractivity contribution in [2.45, 2.75) is 12.6 Å². The molecule has 13 heteroatoms. The molecule has 0 radical (unpaired) electrons. The molecule has 2 aromatic heterocycles. The number of carbonyl (C=O) groups excluding carboxylic acids is 2. The van der Waals surface area contributed by atoms with Crippen LogP contribution in [0.3, 0.4) is 0 Å². The molecular formula is C28H24ClF3N6O3. The molecule has 0 aliphatic carbocycles. The molecule has 3 heterocycles. The summed E-state index contributed by atoms with van der Waals surface area (Å²) >= 11 is 6.14. The zero-order chi connectivity index (χ0) is 29.0. The molecule has 1 aliphatic rings. The van der Waals surface area contributed by atoms with E-state index in [-0.39, 0.29) is 17.6 Å². The van der Waals surface area contributed by atoms with Gasteiger partial charge in [0.2, 0.25) is 11.7 Å². The highest BCUT2D eigenvalue weighted by Gasteiger charge is 2.42. The highest BCUT2D eigenvalue weighted by molar-refractivity contribution is 6.33. The van der Waals surface area contributed by atoms with Crippen LogP contribution in [-0.2, 0) is 6.18 Å². The number of para-hydroxylation sites is 1. The van der Waals surface area contributed by atoms with E-state index < -0.39 is 23.5 Å². The standard InChI is InChI=1S/C28H24ClF3N6O3/c29-20-9-4-5-10-21(20)35-27(40)38-14-6-13-37(15-16-38)22-12-11-19(17-33-22)34-25(39)23-24(28(30,31)32)41-26(36-23)18-7-2-1-3-8-18/h1-5,7-12,17H,6,13-16H2,(H,34,39)(H,35,40). The van der Waals surface area contributed by atoms with E-state index in [1.54, 1.807) is 59.5 Å². The number of nitrogens with zero attached hydrogens (tertiary/aromatic N) is 4. The molecule has 0 spiro atoms.